The fourth-order valence-corrected chi connectivity index (χ4v) is 7.18. The van der Waals surface area contributed by atoms with Gasteiger partial charge in [-0.3, -0.25) is 9.59 Å². The number of hydrogen-bond donors (Lipinski definition) is 3. The van der Waals surface area contributed by atoms with Gasteiger partial charge in [-0.15, -0.1) is 0 Å². The van der Waals surface area contributed by atoms with E-state index in [4.69, 9.17) is 4.74 Å². The van der Waals surface area contributed by atoms with Gasteiger partial charge in [0.2, 0.25) is 11.8 Å². The van der Waals surface area contributed by atoms with Gasteiger partial charge in [0.25, 0.3) is 0 Å². The summed E-state index contributed by atoms with van der Waals surface area (Å²) in [7, 11) is 0. The second kappa shape index (κ2) is 14.2. The standard InChI is InChI=1S/C40H40N4O4/c45-38(23-27-13-3-1-4-14-27)43-36-24-33-32-19-9-10-20-35(32)42-37(33)25-44(39(36)46)22-12-2-11-21-41-40(47)48-26-34-30-17-7-5-15-28(30)29-16-6-8-18-31(29)34/h1,3-10,13-20,34,36,42H,2,11-12,21-26H2,(H,41,47)(H,43,45)/t36-/m1/s1. The molecule has 0 unspecified atom stereocenters. The average molecular weight is 641 g/mol. The molecule has 0 saturated carbocycles. The van der Waals surface area contributed by atoms with Gasteiger partial charge in [-0.05, 0) is 58.7 Å². The summed E-state index contributed by atoms with van der Waals surface area (Å²) in [4.78, 5) is 44.8. The number of hydrogen-bond acceptors (Lipinski definition) is 4. The summed E-state index contributed by atoms with van der Waals surface area (Å²) in [6, 6.07) is 33.6. The highest BCUT2D eigenvalue weighted by Gasteiger charge is 2.33. The predicted octanol–water partition coefficient (Wildman–Crippen LogP) is 6.49. The van der Waals surface area contributed by atoms with Crippen LogP contribution in [0.15, 0.2) is 103 Å². The van der Waals surface area contributed by atoms with E-state index in [1.807, 2.05) is 77.7 Å². The molecule has 4 aromatic carbocycles. The first-order valence-corrected chi connectivity index (χ1v) is 16.8. The molecule has 8 heteroatoms. The number of rotatable bonds is 11. The molecule has 1 aromatic heterocycles. The molecule has 0 bridgehead atoms. The van der Waals surface area contributed by atoms with Crippen molar-refractivity contribution in [2.75, 3.05) is 19.7 Å². The molecule has 48 heavy (non-hydrogen) atoms. The molecule has 0 fully saturated rings. The van der Waals surface area contributed by atoms with Gasteiger partial charge in [0.15, 0.2) is 0 Å². The number of H-pyrrole nitrogens is 1. The number of fused-ring (bicyclic) bond motifs is 6. The van der Waals surface area contributed by atoms with Crippen LogP contribution in [-0.4, -0.2) is 53.5 Å². The number of benzene rings is 4. The summed E-state index contributed by atoms with van der Waals surface area (Å²) < 4.78 is 5.67. The van der Waals surface area contributed by atoms with Gasteiger partial charge >= 0.3 is 6.09 Å². The number of aromatic amines is 1. The van der Waals surface area contributed by atoms with Crippen molar-refractivity contribution >= 4 is 28.8 Å². The van der Waals surface area contributed by atoms with Gasteiger partial charge < -0.3 is 25.3 Å². The van der Waals surface area contributed by atoms with Crippen molar-refractivity contribution in [3.05, 3.63) is 131 Å². The minimum absolute atomic E-state index is 0.0269. The highest BCUT2D eigenvalue weighted by atomic mass is 16.5. The zero-order valence-corrected chi connectivity index (χ0v) is 26.9. The van der Waals surface area contributed by atoms with Gasteiger partial charge in [0.1, 0.15) is 12.6 Å². The fraction of sp³-hybridized carbons (Fsp3) is 0.275. The van der Waals surface area contributed by atoms with E-state index in [2.05, 4.69) is 45.9 Å². The monoisotopic (exact) mass is 640 g/mol. The molecule has 0 saturated heterocycles. The summed E-state index contributed by atoms with van der Waals surface area (Å²) in [6.45, 7) is 1.81. The van der Waals surface area contributed by atoms with Crippen LogP contribution in [0.4, 0.5) is 4.79 Å². The van der Waals surface area contributed by atoms with Crippen molar-refractivity contribution in [3.63, 3.8) is 0 Å². The van der Waals surface area contributed by atoms with Crippen molar-refractivity contribution < 1.29 is 19.1 Å². The van der Waals surface area contributed by atoms with Gasteiger partial charge in [-0.1, -0.05) is 97.1 Å². The number of amides is 3. The maximum absolute atomic E-state index is 13.8. The first-order valence-electron chi connectivity index (χ1n) is 16.8. The third-order valence-electron chi connectivity index (χ3n) is 9.53. The van der Waals surface area contributed by atoms with Gasteiger partial charge in [-0.2, -0.15) is 0 Å². The molecule has 7 rings (SSSR count). The van der Waals surface area contributed by atoms with E-state index < -0.39 is 12.1 Å². The molecule has 5 aromatic rings. The summed E-state index contributed by atoms with van der Waals surface area (Å²) in [5.41, 5.74) is 8.82. The summed E-state index contributed by atoms with van der Waals surface area (Å²) in [5.74, 6) is -0.206. The van der Waals surface area contributed by atoms with Crippen LogP contribution in [0.3, 0.4) is 0 Å². The van der Waals surface area contributed by atoms with Crippen LogP contribution in [0.25, 0.3) is 22.0 Å². The first-order chi connectivity index (χ1) is 23.5. The maximum atomic E-state index is 13.8. The number of nitrogens with one attached hydrogen (secondary N) is 3. The second-order valence-corrected chi connectivity index (χ2v) is 12.7. The molecular weight excluding hydrogens is 600 g/mol. The van der Waals surface area contributed by atoms with Crippen molar-refractivity contribution in [2.24, 2.45) is 0 Å². The van der Waals surface area contributed by atoms with Crippen LogP contribution in [0.2, 0.25) is 0 Å². The van der Waals surface area contributed by atoms with Crippen LogP contribution >= 0.6 is 0 Å². The quantitative estimate of drug-likeness (QED) is 0.144. The lowest BCUT2D eigenvalue weighted by atomic mass is 9.98. The minimum Gasteiger partial charge on any atom is -0.449 e. The molecule has 0 spiro atoms. The molecule has 3 N–H and O–H groups in total. The number of aromatic nitrogens is 1. The Morgan fingerprint density at radius 3 is 2.27 bits per heavy atom. The fourth-order valence-electron chi connectivity index (χ4n) is 7.18. The zero-order chi connectivity index (χ0) is 32.9. The Labute approximate surface area is 280 Å². The summed E-state index contributed by atoms with van der Waals surface area (Å²) >= 11 is 0. The number of nitrogens with zero attached hydrogens (tertiary/aromatic N) is 1. The highest BCUT2D eigenvalue weighted by molar-refractivity contribution is 5.92. The topological polar surface area (TPSA) is 104 Å². The predicted molar refractivity (Wildman–Crippen MR) is 186 cm³/mol. The molecule has 1 aliphatic heterocycles. The number of ether oxygens (including phenoxy) is 1. The molecule has 1 aliphatic carbocycles. The Morgan fingerprint density at radius 1 is 0.812 bits per heavy atom. The van der Waals surface area contributed by atoms with E-state index in [9.17, 15) is 14.4 Å². The molecule has 0 radical (unpaired) electrons. The molecular formula is C40H40N4O4. The normalized spacial score (nSPS) is 15.4. The number of alkyl carbamates (subject to hydrolysis) is 1. The second-order valence-electron chi connectivity index (χ2n) is 12.7. The smallest absolute Gasteiger partial charge is 0.407 e. The van der Waals surface area contributed by atoms with Crippen LogP contribution in [0.5, 0.6) is 0 Å². The van der Waals surface area contributed by atoms with E-state index >= 15 is 0 Å². The van der Waals surface area contributed by atoms with Gasteiger partial charge in [-0.25, -0.2) is 4.79 Å². The molecule has 2 aliphatic rings. The van der Waals surface area contributed by atoms with E-state index in [1.54, 1.807) is 0 Å². The number of unbranched alkanes of at least 4 members (excludes halogenated alkanes) is 2. The Balaban J connectivity index is 0.911. The molecule has 244 valence electrons. The summed E-state index contributed by atoms with van der Waals surface area (Å²) in [5, 5.41) is 7.02. The van der Waals surface area contributed by atoms with E-state index in [0.717, 1.165) is 47.0 Å². The third kappa shape index (κ3) is 6.69. The van der Waals surface area contributed by atoms with Crippen LogP contribution < -0.4 is 10.6 Å². The largest absolute Gasteiger partial charge is 0.449 e. The van der Waals surface area contributed by atoms with Crippen molar-refractivity contribution in [1.82, 2.24) is 20.5 Å². The van der Waals surface area contributed by atoms with Crippen LogP contribution in [-0.2, 0) is 33.7 Å². The molecule has 3 amide bonds. The van der Waals surface area contributed by atoms with Crippen LogP contribution in [0, 0.1) is 0 Å². The molecule has 8 nitrogen and oxygen atoms in total. The Hall–Kier alpha value is -5.37. The number of carbonyl (C=O) groups is 3. The lowest BCUT2D eigenvalue weighted by Gasteiger charge is -2.25. The lowest BCUT2D eigenvalue weighted by molar-refractivity contribution is -0.136. The number of carbonyl (C=O) groups excluding carboxylic acids is 3. The van der Waals surface area contributed by atoms with E-state index in [1.165, 1.54) is 22.3 Å². The lowest BCUT2D eigenvalue weighted by Crippen LogP contribution is -2.48. The highest BCUT2D eigenvalue weighted by Crippen LogP contribution is 2.44. The van der Waals surface area contributed by atoms with Crippen molar-refractivity contribution in [1.29, 1.82) is 0 Å². The van der Waals surface area contributed by atoms with Crippen molar-refractivity contribution in [2.45, 2.75) is 50.6 Å². The molecule has 1 atom stereocenters. The first kappa shape index (κ1) is 31.2. The maximum Gasteiger partial charge on any atom is 0.407 e. The Kier molecular flexibility index (Phi) is 9.23. The zero-order valence-electron chi connectivity index (χ0n) is 26.9. The average Bonchev–Trinajstić information content (AvgIpc) is 3.58. The van der Waals surface area contributed by atoms with E-state index in [0.29, 0.717) is 26.1 Å². The SMILES string of the molecule is O=C(Cc1ccccc1)N[C@@H]1Cc2c([nH]c3ccccc23)CN(CCCCCNC(=O)OCC2c3ccccc3-c3ccccc32)C1=O. The Bertz CT molecular complexity index is 1890. The van der Waals surface area contributed by atoms with Crippen LogP contribution in [0.1, 0.15) is 53.1 Å². The number of para-hydroxylation sites is 1. The Morgan fingerprint density at radius 2 is 1.50 bits per heavy atom. The van der Waals surface area contributed by atoms with Gasteiger partial charge in [0.05, 0.1) is 13.0 Å². The minimum atomic E-state index is -0.642. The van der Waals surface area contributed by atoms with Gasteiger partial charge in [0, 0.05) is 42.0 Å². The van der Waals surface area contributed by atoms with Crippen molar-refractivity contribution in [3.8, 4) is 11.1 Å². The summed E-state index contributed by atoms with van der Waals surface area (Å²) in [6.07, 6.45) is 2.62. The molecule has 2 heterocycles. The third-order valence-corrected chi connectivity index (χ3v) is 9.53. The van der Waals surface area contributed by atoms with E-state index in [-0.39, 0.29) is 30.8 Å².